The first-order valence-electron chi connectivity index (χ1n) is 6.21. The summed E-state index contributed by atoms with van der Waals surface area (Å²) in [4.78, 5) is 2.73. The molecule has 1 saturated carbocycles. The first-order chi connectivity index (χ1) is 6.79. The normalized spacial score (nSPS) is 36.4. The van der Waals surface area contributed by atoms with E-state index in [4.69, 9.17) is 0 Å². The molecule has 0 bridgehead atoms. The molecule has 2 nitrogen and oxygen atoms in total. The van der Waals surface area contributed by atoms with E-state index >= 15 is 0 Å². The minimum Gasteiger partial charge on any atom is -0.317 e. The second-order valence-corrected chi connectivity index (χ2v) is 5.17. The summed E-state index contributed by atoms with van der Waals surface area (Å²) in [6.07, 6.45) is 7.05. The van der Waals surface area contributed by atoms with Gasteiger partial charge in [-0.05, 0) is 58.2 Å². The third-order valence-electron chi connectivity index (χ3n) is 4.12. The van der Waals surface area contributed by atoms with Gasteiger partial charge in [0.1, 0.15) is 0 Å². The van der Waals surface area contributed by atoms with Crippen molar-refractivity contribution in [3.05, 3.63) is 0 Å². The Morgan fingerprint density at radius 3 is 2.29 bits per heavy atom. The quantitative estimate of drug-likeness (QED) is 0.725. The van der Waals surface area contributed by atoms with E-state index in [1.54, 1.807) is 0 Å². The fourth-order valence-corrected chi connectivity index (χ4v) is 3.06. The molecular weight excluding hydrogens is 172 g/mol. The van der Waals surface area contributed by atoms with Gasteiger partial charge in [0, 0.05) is 12.1 Å². The van der Waals surface area contributed by atoms with Crippen LogP contribution in [0.5, 0.6) is 0 Å². The second kappa shape index (κ2) is 4.63. The molecule has 0 aromatic carbocycles. The molecule has 2 aliphatic rings. The van der Waals surface area contributed by atoms with Crippen LogP contribution < -0.4 is 5.32 Å². The van der Waals surface area contributed by atoms with E-state index in [9.17, 15) is 0 Å². The van der Waals surface area contributed by atoms with Gasteiger partial charge in [0.25, 0.3) is 0 Å². The summed E-state index contributed by atoms with van der Waals surface area (Å²) in [5.41, 5.74) is 0. The summed E-state index contributed by atoms with van der Waals surface area (Å²) in [6.45, 7) is 5.05. The highest BCUT2D eigenvalue weighted by Crippen LogP contribution is 2.30. The van der Waals surface area contributed by atoms with Gasteiger partial charge in [0.05, 0.1) is 0 Å². The first kappa shape index (κ1) is 10.4. The smallest absolute Gasteiger partial charge is 0.00979 e. The summed E-state index contributed by atoms with van der Waals surface area (Å²) < 4.78 is 0. The van der Waals surface area contributed by atoms with Gasteiger partial charge in [-0.15, -0.1) is 0 Å². The Morgan fingerprint density at radius 1 is 1.07 bits per heavy atom. The van der Waals surface area contributed by atoms with Crippen LogP contribution in [0.2, 0.25) is 0 Å². The lowest BCUT2D eigenvalue weighted by molar-refractivity contribution is 0.145. The van der Waals surface area contributed by atoms with Crippen LogP contribution in [0.4, 0.5) is 0 Å². The Bertz CT molecular complexity index is 173. The Hall–Kier alpha value is -0.0800. The monoisotopic (exact) mass is 196 g/mol. The van der Waals surface area contributed by atoms with E-state index in [1.807, 2.05) is 0 Å². The highest BCUT2D eigenvalue weighted by atomic mass is 15.2. The number of likely N-dealkylation sites (tertiary alicyclic amines) is 1. The molecule has 2 rings (SSSR count). The summed E-state index contributed by atoms with van der Waals surface area (Å²) in [6, 6.07) is 1.70. The average Bonchev–Trinajstić information content (AvgIpc) is 2.65. The summed E-state index contributed by atoms with van der Waals surface area (Å²) >= 11 is 0. The predicted molar refractivity (Wildman–Crippen MR) is 60.5 cm³/mol. The van der Waals surface area contributed by atoms with Gasteiger partial charge >= 0.3 is 0 Å². The van der Waals surface area contributed by atoms with Crippen LogP contribution in [-0.4, -0.2) is 37.1 Å². The van der Waals surface area contributed by atoms with E-state index in [0.717, 1.165) is 18.0 Å². The zero-order chi connectivity index (χ0) is 9.97. The lowest BCUT2D eigenvalue weighted by Crippen LogP contribution is -2.45. The minimum absolute atomic E-state index is 0.782. The lowest BCUT2D eigenvalue weighted by atomic mass is 10.0. The van der Waals surface area contributed by atoms with Gasteiger partial charge in [-0.1, -0.05) is 6.92 Å². The van der Waals surface area contributed by atoms with E-state index < -0.39 is 0 Å². The maximum absolute atomic E-state index is 3.40. The minimum atomic E-state index is 0.782. The molecule has 82 valence electrons. The van der Waals surface area contributed by atoms with Crippen molar-refractivity contribution in [2.24, 2.45) is 5.92 Å². The van der Waals surface area contributed by atoms with Gasteiger partial charge < -0.3 is 10.2 Å². The second-order valence-electron chi connectivity index (χ2n) is 5.17. The van der Waals surface area contributed by atoms with Crippen LogP contribution in [-0.2, 0) is 0 Å². The van der Waals surface area contributed by atoms with Crippen molar-refractivity contribution in [3.63, 3.8) is 0 Å². The molecule has 0 amide bonds. The number of nitrogens with one attached hydrogen (secondary N) is 1. The number of nitrogens with zero attached hydrogens (tertiary/aromatic N) is 1. The SMILES string of the molecule is CNC1CCN(C2CCC(C)C2)CC1. The van der Waals surface area contributed by atoms with Gasteiger partial charge in [-0.25, -0.2) is 0 Å². The Labute approximate surface area is 88.1 Å². The molecule has 0 spiro atoms. The molecule has 1 saturated heterocycles. The van der Waals surface area contributed by atoms with Gasteiger partial charge in [0.15, 0.2) is 0 Å². The molecule has 0 aromatic heterocycles. The van der Waals surface area contributed by atoms with Crippen LogP contribution >= 0.6 is 0 Å². The van der Waals surface area contributed by atoms with Crippen LogP contribution in [0.15, 0.2) is 0 Å². The summed E-state index contributed by atoms with van der Waals surface area (Å²) in [7, 11) is 2.10. The highest BCUT2D eigenvalue weighted by Gasteiger charge is 2.29. The number of rotatable bonds is 2. The van der Waals surface area contributed by atoms with Crippen LogP contribution in [0.1, 0.15) is 39.0 Å². The van der Waals surface area contributed by atoms with Crippen molar-refractivity contribution in [3.8, 4) is 0 Å². The highest BCUT2D eigenvalue weighted by molar-refractivity contribution is 4.85. The van der Waals surface area contributed by atoms with Gasteiger partial charge in [0.2, 0.25) is 0 Å². The molecule has 1 aliphatic carbocycles. The van der Waals surface area contributed by atoms with Crippen molar-refractivity contribution in [2.75, 3.05) is 20.1 Å². The lowest BCUT2D eigenvalue weighted by Gasteiger charge is -2.36. The number of hydrogen-bond donors (Lipinski definition) is 1. The van der Waals surface area contributed by atoms with Crippen molar-refractivity contribution in [1.82, 2.24) is 10.2 Å². The zero-order valence-corrected chi connectivity index (χ0v) is 9.63. The maximum Gasteiger partial charge on any atom is 0.00979 e. The van der Waals surface area contributed by atoms with Crippen LogP contribution in [0.3, 0.4) is 0 Å². The van der Waals surface area contributed by atoms with Gasteiger partial charge in [-0.2, -0.15) is 0 Å². The molecule has 2 atom stereocenters. The Balaban J connectivity index is 1.78. The molecule has 0 aromatic rings. The maximum atomic E-state index is 3.40. The van der Waals surface area contributed by atoms with E-state index in [0.29, 0.717) is 0 Å². The molecule has 2 fully saturated rings. The largest absolute Gasteiger partial charge is 0.317 e. The molecular formula is C12H24N2. The molecule has 2 unspecified atom stereocenters. The fourth-order valence-electron chi connectivity index (χ4n) is 3.06. The molecule has 2 heteroatoms. The molecule has 14 heavy (non-hydrogen) atoms. The van der Waals surface area contributed by atoms with Crippen molar-refractivity contribution < 1.29 is 0 Å². The van der Waals surface area contributed by atoms with E-state index in [-0.39, 0.29) is 0 Å². The topological polar surface area (TPSA) is 15.3 Å². The predicted octanol–water partition coefficient (Wildman–Crippen LogP) is 1.86. The number of piperidine rings is 1. The fraction of sp³-hybridized carbons (Fsp3) is 1.00. The summed E-state index contributed by atoms with van der Waals surface area (Å²) in [5, 5.41) is 3.40. The molecule has 0 radical (unpaired) electrons. The first-order valence-corrected chi connectivity index (χ1v) is 6.21. The average molecular weight is 196 g/mol. The van der Waals surface area contributed by atoms with Crippen LogP contribution in [0.25, 0.3) is 0 Å². The van der Waals surface area contributed by atoms with Crippen molar-refractivity contribution in [1.29, 1.82) is 0 Å². The standard InChI is InChI=1S/C12H24N2/c1-10-3-4-12(9-10)14-7-5-11(13-2)6-8-14/h10-13H,3-9H2,1-2H3. The summed E-state index contributed by atoms with van der Waals surface area (Å²) in [5.74, 6) is 0.974. The van der Waals surface area contributed by atoms with Crippen molar-refractivity contribution in [2.45, 2.75) is 51.1 Å². The van der Waals surface area contributed by atoms with Crippen molar-refractivity contribution >= 4 is 0 Å². The van der Waals surface area contributed by atoms with Gasteiger partial charge in [-0.3, -0.25) is 0 Å². The zero-order valence-electron chi connectivity index (χ0n) is 9.63. The third-order valence-corrected chi connectivity index (χ3v) is 4.12. The third kappa shape index (κ3) is 2.29. The molecule has 1 heterocycles. The van der Waals surface area contributed by atoms with Crippen LogP contribution in [0, 0.1) is 5.92 Å². The Kier molecular flexibility index (Phi) is 3.45. The molecule has 1 aliphatic heterocycles. The number of hydrogen-bond acceptors (Lipinski definition) is 2. The Morgan fingerprint density at radius 2 is 1.79 bits per heavy atom. The van der Waals surface area contributed by atoms with E-state index in [2.05, 4.69) is 24.2 Å². The van der Waals surface area contributed by atoms with E-state index in [1.165, 1.54) is 45.2 Å². The molecule has 1 N–H and O–H groups in total.